The predicted octanol–water partition coefficient (Wildman–Crippen LogP) is 5.39. The van der Waals surface area contributed by atoms with Crippen molar-refractivity contribution in [1.29, 1.82) is 5.26 Å². The van der Waals surface area contributed by atoms with E-state index in [0.29, 0.717) is 23.7 Å². The third-order valence-electron chi connectivity index (χ3n) is 4.04. The first-order valence-electron chi connectivity index (χ1n) is 8.82. The Bertz CT molecular complexity index is 1020. The molecule has 0 aliphatic heterocycles. The van der Waals surface area contributed by atoms with Crippen LogP contribution in [0.25, 0.3) is 10.6 Å². The van der Waals surface area contributed by atoms with Crippen LogP contribution >= 0.6 is 23.1 Å². The SMILES string of the molecule is CCOc1ccc(-c2nc(CSc3nc(C)cc(C)c3C#N)cs2)cc1OC. The second-order valence-electron chi connectivity index (χ2n) is 6.10. The topological polar surface area (TPSA) is 68.0 Å². The molecule has 0 aliphatic carbocycles. The highest BCUT2D eigenvalue weighted by molar-refractivity contribution is 7.98. The second kappa shape index (κ2) is 9.09. The molecule has 3 rings (SSSR count). The zero-order valence-corrected chi connectivity index (χ0v) is 17.9. The van der Waals surface area contributed by atoms with E-state index in [1.165, 1.54) is 0 Å². The maximum atomic E-state index is 9.41. The smallest absolute Gasteiger partial charge is 0.161 e. The molecule has 0 unspecified atom stereocenters. The third kappa shape index (κ3) is 4.46. The van der Waals surface area contributed by atoms with Crippen LogP contribution in [0.15, 0.2) is 34.7 Å². The Morgan fingerprint density at radius 2 is 2.00 bits per heavy atom. The number of hydrogen-bond acceptors (Lipinski definition) is 7. The first-order valence-corrected chi connectivity index (χ1v) is 10.7. The second-order valence-corrected chi connectivity index (χ2v) is 7.93. The molecule has 0 fully saturated rings. The molecule has 7 heteroatoms. The lowest BCUT2D eigenvalue weighted by Crippen LogP contribution is -1.95. The molecular formula is C21H21N3O2S2. The summed E-state index contributed by atoms with van der Waals surface area (Å²) in [6, 6.07) is 10.0. The van der Waals surface area contributed by atoms with Crippen LogP contribution in [0.1, 0.15) is 29.4 Å². The summed E-state index contributed by atoms with van der Waals surface area (Å²) in [4.78, 5) is 9.26. The third-order valence-corrected chi connectivity index (χ3v) is 5.99. The van der Waals surface area contributed by atoms with E-state index in [9.17, 15) is 5.26 Å². The number of nitriles is 1. The quantitative estimate of drug-likeness (QED) is 0.485. The van der Waals surface area contributed by atoms with Gasteiger partial charge in [0.25, 0.3) is 0 Å². The van der Waals surface area contributed by atoms with Gasteiger partial charge in [-0.3, -0.25) is 0 Å². The van der Waals surface area contributed by atoms with Gasteiger partial charge in [-0.05, 0) is 50.6 Å². The van der Waals surface area contributed by atoms with Crippen molar-refractivity contribution in [2.45, 2.75) is 31.6 Å². The highest BCUT2D eigenvalue weighted by Crippen LogP contribution is 2.35. The molecule has 144 valence electrons. The number of ether oxygens (including phenoxy) is 2. The minimum Gasteiger partial charge on any atom is -0.493 e. The van der Waals surface area contributed by atoms with Gasteiger partial charge < -0.3 is 9.47 Å². The number of rotatable bonds is 7. The van der Waals surface area contributed by atoms with Crippen molar-refractivity contribution in [2.75, 3.05) is 13.7 Å². The van der Waals surface area contributed by atoms with Gasteiger partial charge in [0.2, 0.25) is 0 Å². The van der Waals surface area contributed by atoms with E-state index in [-0.39, 0.29) is 0 Å². The lowest BCUT2D eigenvalue weighted by molar-refractivity contribution is 0.311. The molecule has 0 bridgehead atoms. The fraction of sp³-hybridized carbons (Fsp3) is 0.286. The van der Waals surface area contributed by atoms with E-state index >= 15 is 0 Å². The summed E-state index contributed by atoms with van der Waals surface area (Å²) in [7, 11) is 1.63. The summed E-state index contributed by atoms with van der Waals surface area (Å²) in [5, 5.41) is 13.1. The Morgan fingerprint density at radius 3 is 2.71 bits per heavy atom. The van der Waals surface area contributed by atoms with Crippen molar-refractivity contribution in [2.24, 2.45) is 0 Å². The van der Waals surface area contributed by atoms with Crippen LogP contribution in [-0.4, -0.2) is 23.7 Å². The van der Waals surface area contributed by atoms with Crippen LogP contribution < -0.4 is 9.47 Å². The van der Waals surface area contributed by atoms with Gasteiger partial charge >= 0.3 is 0 Å². The molecule has 0 spiro atoms. The van der Waals surface area contributed by atoms with Gasteiger partial charge in [-0.1, -0.05) is 11.8 Å². The number of aryl methyl sites for hydroxylation is 2. The average molecular weight is 412 g/mol. The lowest BCUT2D eigenvalue weighted by Gasteiger charge is -2.10. The van der Waals surface area contributed by atoms with Crippen molar-refractivity contribution in [3.63, 3.8) is 0 Å². The molecule has 2 heterocycles. The van der Waals surface area contributed by atoms with Crippen LogP contribution in [-0.2, 0) is 5.75 Å². The Labute approximate surface area is 173 Å². The molecule has 5 nitrogen and oxygen atoms in total. The molecule has 0 saturated heterocycles. The summed E-state index contributed by atoms with van der Waals surface area (Å²) in [6.07, 6.45) is 0. The minimum atomic E-state index is 0.589. The number of thioether (sulfide) groups is 1. The average Bonchev–Trinajstić information content (AvgIpc) is 3.15. The van der Waals surface area contributed by atoms with E-state index in [2.05, 4.69) is 11.1 Å². The monoisotopic (exact) mass is 411 g/mol. The van der Waals surface area contributed by atoms with E-state index in [1.807, 2.05) is 50.4 Å². The van der Waals surface area contributed by atoms with Gasteiger partial charge in [-0.25, -0.2) is 9.97 Å². The van der Waals surface area contributed by atoms with Crippen LogP contribution in [0.3, 0.4) is 0 Å². The molecular weight excluding hydrogens is 390 g/mol. The van der Waals surface area contributed by atoms with Crippen LogP contribution in [0, 0.1) is 25.2 Å². The van der Waals surface area contributed by atoms with Crippen molar-refractivity contribution in [1.82, 2.24) is 9.97 Å². The van der Waals surface area contributed by atoms with E-state index in [1.54, 1.807) is 30.2 Å². The largest absolute Gasteiger partial charge is 0.493 e. The highest BCUT2D eigenvalue weighted by Gasteiger charge is 2.13. The zero-order chi connectivity index (χ0) is 20.1. The van der Waals surface area contributed by atoms with Crippen molar-refractivity contribution < 1.29 is 9.47 Å². The van der Waals surface area contributed by atoms with Gasteiger partial charge in [0.15, 0.2) is 11.5 Å². The van der Waals surface area contributed by atoms with Gasteiger partial charge in [0.05, 0.1) is 25.0 Å². The molecule has 28 heavy (non-hydrogen) atoms. The maximum absolute atomic E-state index is 9.41. The van der Waals surface area contributed by atoms with E-state index < -0.39 is 0 Å². The van der Waals surface area contributed by atoms with Crippen LogP contribution in [0.4, 0.5) is 0 Å². The van der Waals surface area contributed by atoms with Crippen molar-refractivity contribution in [3.8, 4) is 28.1 Å². The van der Waals surface area contributed by atoms with Gasteiger partial charge in [-0.2, -0.15) is 5.26 Å². The Morgan fingerprint density at radius 1 is 1.18 bits per heavy atom. The Hall–Kier alpha value is -2.56. The molecule has 1 aromatic carbocycles. The van der Waals surface area contributed by atoms with Crippen molar-refractivity contribution >= 4 is 23.1 Å². The number of aromatic nitrogens is 2. The van der Waals surface area contributed by atoms with Gasteiger partial charge in [0.1, 0.15) is 16.1 Å². The number of hydrogen-bond donors (Lipinski definition) is 0. The fourth-order valence-electron chi connectivity index (χ4n) is 2.77. The van der Waals surface area contributed by atoms with Gasteiger partial charge in [0, 0.05) is 22.4 Å². The Balaban J connectivity index is 1.78. The summed E-state index contributed by atoms with van der Waals surface area (Å²) >= 11 is 3.13. The zero-order valence-electron chi connectivity index (χ0n) is 16.3. The van der Waals surface area contributed by atoms with Crippen LogP contribution in [0.5, 0.6) is 11.5 Å². The molecule has 2 aromatic heterocycles. The summed E-state index contributed by atoms with van der Waals surface area (Å²) < 4.78 is 11.0. The van der Waals surface area contributed by atoms with Crippen molar-refractivity contribution in [3.05, 3.63) is 52.2 Å². The van der Waals surface area contributed by atoms with Gasteiger partial charge in [-0.15, -0.1) is 11.3 Å². The lowest BCUT2D eigenvalue weighted by atomic mass is 10.1. The first kappa shape index (κ1) is 20.2. The number of benzene rings is 1. The fourth-order valence-corrected chi connectivity index (χ4v) is 4.68. The molecule has 0 radical (unpaired) electrons. The molecule has 0 amide bonds. The van der Waals surface area contributed by atoms with E-state index in [0.717, 1.165) is 38.3 Å². The standard InChI is InChI=1S/C21H21N3O2S2/c1-5-26-18-7-6-15(9-19(18)25-4)20-24-16(11-27-20)12-28-21-17(10-22)13(2)8-14(3)23-21/h6-9,11H,5,12H2,1-4H3. The number of methoxy groups -OCH3 is 1. The highest BCUT2D eigenvalue weighted by atomic mass is 32.2. The number of nitrogens with zero attached hydrogens (tertiary/aromatic N) is 3. The number of pyridine rings is 1. The normalized spacial score (nSPS) is 10.5. The predicted molar refractivity (Wildman–Crippen MR) is 113 cm³/mol. The molecule has 3 aromatic rings. The first-order chi connectivity index (χ1) is 13.5. The molecule has 0 atom stereocenters. The van der Waals surface area contributed by atoms with Crippen LogP contribution in [0.2, 0.25) is 0 Å². The molecule has 0 aliphatic rings. The maximum Gasteiger partial charge on any atom is 0.161 e. The summed E-state index contributed by atoms with van der Waals surface area (Å²) in [5.74, 6) is 2.09. The minimum absolute atomic E-state index is 0.589. The summed E-state index contributed by atoms with van der Waals surface area (Å²) in [5.41, 5.74) is 4.46. The summed E-state index contributed by atoms with van der Waals surface area (Å²) in [6.45, 7) is 6.42. The Kier molecular flexibility index (Phi) is 6.55. The molecule has 0 N–H and O–H groups in total. The number of thiazole rings is 1. The van der Waals surface area contributed by atoms with E-state index in [4.69, 9.17) is 14.5 Å². The molecule has 0 saturated carbocycles.